The summed E-state index contributed by atoms with van der Waals surface area (Å²) in [4.78, 5) is 19.7. The van der Waals surface area contributed by atoms with Crippen molar-refractivity contribution < 1.29 is 22.7 Å². The van der Waals surface area contributed by atoms with Crippen LogP contribution >= 0.6 is 0 Å². The van der Waals surface area contributed by atoms with E-state index in [1.165, 1.54) is 12.1 Å². The molecule has 0 spiro atoms. The monoisotopic (exact) mass is 536 g/mol. The number of carbonyl (C=O) groups excluding carboxylic acids is 1. The number of ether oxygens (including phenoxy) is 1. The molecule has 9 heteroatoms. The molecule has 0 radical (unpaired) electrons. The number of nitrogens with one attached hydrogen (secondary N) is 1. The molecule has 204 valence electrons. The Labute approximate surface area is 225 Å². The van der Waals surface area contributed by atoms with Crippen molar-refractivity contribution in [2.45, 2.75) is 45.0 Å². The first-order chi connectivity index (χ1) is 18.7. The lowest BCUT2D eigenvalue weighted by Crippen LogP contribution is -2.32. The van der Waals surface area contributed by atoms with Crippen molar-refractivity contribution in [2.24, 2.45) is 7.05 Å². The number of rotatable bonds is 7. The molecule has 0 atom stereocenters. The summed E-state index contributed by atoms with van der Waals surface area (Å²) in [5.41, 5.74) is 5.80. The maximum absolute atomic E-state index is 13.2. The van der Waals surface area contributed by atoms with Gasteiger partial charge in [0.25, 0.3) is 5.91 Å². The zero-order chi connectivity index (χ0) is 27.6. The van der Waals surface area contributed by atoms with Crippen LogP contribution in [0.5, 0.6) is 5.75 Å². The molecule has 1 N–H and O–H groups in total. The van der Waals surface area contributed by atoms with E-state index in [9.17, 15) is 18.0 Å². The Morgan fingerprint density at radius 2 is 1.74 bits per heavy atom. The first-order valence-electron chi connectivity index (χ1n) is 13.1. The van der Waals surface area contributed by atoms with Crippen molar-refractivity contribution >= 4 is 22.5 Å². The molecule has 3 heterocycles. The second-order valence-corrected chi connectivity index (χ2v) is 9.85. The Balaban J connectivity index is 1.16. The van der Waals surface area contributed by atoms with Crippen LogP contribution in [0.1, 0.15) is 52.9 Å². The standard InChI is InChI=1S/C30H31F3N4O2/c1-3-26-28(25-12-15-34-19-27(25)36(26)2)29(38)35-18-20-4-8-23(9-5-20)37-16-13-22(14-17-37)21-6-10-24(11-7-21)39-30(31,32)33/h4-12,15,19,22H,3,13-14,16-18H2,1-2H3,(H,35,38). The fourth-order valence-electron chi connectivity index (χ4n) is 5.51. The quantitative estimate of drug-likeness (QED) is 0.299. The number of carbonyl (C=O) groups is 1. The summed E-state index contributed by atoms with van der Waals surface area (Å²) in [6, 6.07) is 16.3. The van der Waals surface area contributed by atoms with Crippen LogP contribution in [0.2, 0.25) is 0 Å². The van der Waals surface area contributed by atoms with E-state index in [2.05, 4.69) is 32.1 Å². The van der Waals surface area contributed by atoms with Crippen LogP contribution in [-0.2, 0) is 20.0 Å². The van der Waals surface area contributed by atoms with Gasteiger partial charge in [-0.05, 0) is 66.6 Å². The summed E-state index contributed by atoms with van der Waals surface area (Å²) >= 11 is 0. The van der Waals surface area contributed by atoms with Crippen molar-refractivity contribution in [2.75, 3.05) is 18.0 Å². The van der Waals surface area contributed by atoms with Crippen molar-refractivity contribution in [3.8, 4) is 5.75 Å². The van der Waals surface area contributed by atoms with Crippen LogP contribution < -0.4 is 15.0 Å². The molecule has 0 saturated carbocycles. The van der Waals surface area contributed by atoms with Gasteiger partial charge in [-0.2, -0.15) is 0 Å². The summed E-state index contributed by atoms with van der Waals surface area (Å²) in [6.45, 7) is 4.19. The third kappa shape index (κ3) is 5.87. The molecule has 0 bridgehead atoms. The van der Waals surface area contributed by atoms with Gasteiger partial charge in [-0.15, -0.1) is 13.2 Å². The van der Waals surface area contributed by atoms with Crippen molar-refractivity contribution in [3.63, 3.8) is 0 Å². The van der Waals surface area contributed by atoms with E-state index in [4.69, 9.17) is 0 Å². The molecular weight excluding hydrogens is 505 g/mol. The Bertz CT molecular complexity index is 1440. The van der Waals surface area contributed by atoms with E-state index in [1.54, 1.807) is 24.5 Å². The summed E-state index contributed by atoms with van der Waals surface area (Å²) < 4.78 is 43.2. The van der Waals surface area contributed by atoms with E-state index in [0.29, 0.717) is 18.0 Å². The highest BCUT2D eigenvalue weighted by Gasteiger charge is 2.31. The molecule has 6 nitrogen and oxygen atoms in total. The Morgan fingerprint density at radius 3 is 2.38 bits per heavy atom. The van der Waals surface area contributed by atoms with Gasteiger partial charge in [0.15, 0.2) is 0 Å². The number of pyridine rings is 1. The van der Waals surface area contributed by atoms with Crippen molar-refractivity contribution in [1.29, 1.82) is 0 Å². The largest absolute Gasteiger partial charge is 0.573 e. The second kappa shape index (κ2) is 11.0. The molecule has 0 unspecified atom stereocenters. The number of alkyl halides is 3. The number of aryl methyl sites for hydroxylation is 1. The number of fused-ring (bicyclic) bond motifs is 1. The van der Waals surface area contributed by atoms with E-state index in [0.717, 1.165) is 65.8 Å². The van der Waals surface area contributed by atoms with Gasteiger partial charge < -0.3 is 19.5 Å². The minimum Gasteiger partial charge on any atom is -0.406 e. The van der Waals surface area contributed by atoms with Gasteiger partial charge in [-0.25, -0.2) is 0 Å². The minimum absolute atomic E-state index is 0.0900. The lowest BCUT2D eigenvalue weighted by Gasteiger charge is -2.34. The van der Waals surface area contributed by atoms with E-state index >= 15 is 0 Å². The molecule has 1 saturated heterocycles. The molecule has 39 heavy (non-hydrogen) atoms. The smallest absolute Gasteiger partial charge is 0.406 e. The highest BCUT2D eigenvalue weighted by Crippen LogP contribution is 2.32. The van der Waals surface area contributed by atoms with Gasteiger partial charge in [0.05, 0.1) is 17.3 Å². The molecular formula is C30H31F3N4O2. The number of benzene rings is 2. The van der Waals surface area contributed by atoms with Gasteiger partial charge in [0.1, 0.15) is 5.75 Å². The first kappa shape index (κ1) is 26.6. The van der Waals surface area contributed by atoms with Crippen LogP contribution in [0.25, 0.3) is 10.9 Å². The average molecular weight is 537 g/mol. The minimum atomic E-state index is -4.68. The van der Waals surface area contributed by atoms with E-state index in [-0.39, 0.29) is 11.7 Å². The molecule has 2 aromatic heterocycles. The zero-order valence-corrected chi connectivity index (χ0v) is 22.0. The van der Waals surface area contributed by atoms with Crippen LogP contribution in [0.15, 0.2) is 67.0 Å². The normalized spacial score (nSPS) is 14.5. The maximum atomic E-state index is 13.2. The Hall–Kier alpha value is -4.01. The maximum Gasteiger partial charge on any atom is 0.573 e. The summed E-state index contributed by atoms with van der Waals surface area (Å²) in [5.74, 6) is 0.0153. The number of nitrogens with zero attached hydrogens (tertiary/aromatic N) is 3. The summed E-state index contributed by atoms with van der Waals surface area (Å²) in [6.07, 6.45) is 1.40. The van der Waals surface area contributed by atoms with Gasteiger partial charge in [-0.3, -0.25) is 9.78 Å². The number of piperidine rings is 1. The number of halogens is 3. The molecule has 1 fully saturated rings. The third-order valence-electron chi connectivity index (χ3n) is 7.52. The lowest BCUT2D eigenvalue weighted by atomic mass is 9.89. The van der Waals surface area contributed by atoms with Crippen LogP contribution in [-0.4, -0.2) is 34.9 Å². The number of hydrogen-bond donors (Lipinski definition) is 1. The molecule has 1 aliphatic heterocycles. The van der Waals surface area contributed by atoms with Gasteiger partial charge in [0, 0.05) is 49.6 Å². The third-order valence-corrected chi connectivity index (χ3v) is 7.52. The fourth-order valence-corrected chi connectivity index (χ4v) is 5.51. The number of hydrogen-bond acceptors (Lipinski definition) is 4. The zero-order valence-electron chi connectivity index (χ0n) is 22.0. The molecule has 5 rings (SSSR count). The van der Waals surface area contributed by atoms with E-state index < -0.39 is 6.36 Å². The highest BCUT2D eigenvalue weighted by molar-refractivity contribution is 6.08. The molecule has 2 aromatic carbocycles. The van der Waals surface area contributed by atoms with Crippen molar-refractivity contribution in [1.82, 2.24) is 14.9 Å². The van der Waals surface area contributed by atoms with Crippen LogP contribution in [0.3, 0.4) is 0 Å². The van der Waals surface area contributed by atoms with Crippen LogP contribution in [0.4, 0.5) is 18.9 Å². The van der Waals surface area contributed by atoms with Gasteiger partial charge in [0.2, 0.25) is 0 Å². The van der Waals surface area contributed by atoms with E-state index in [1.807, 2.05) is 36.7 Å². The van der Waals surface area contributed by atoms with Gasteiger partial charge >= 0.3 is 6.36 Å². The molecule has 4 aromatic rings. The Kier molecular flexibility index (Phi) is 7.50. The second-order valence-electron chi connectivity index (χ2n) is 9.85. The predicted molar refractivity (Wildman–Crippen MR) is 145 cm³/mol. The first-order valence-corrected chi connectivity index (χ1v) is 13.1. The number of anilines is 1. The average Bonchev–Trinajstić information content (AvgIpc) is 3.23. The number of aromatic nitrogens is 2. The molecule has 1 amide bonds. The number of amides is 1. The molecule has 0 aliphatic carbocycles. The highest BCUT2D eigenvalue weighted by atomic mass is 19.4. The lowest BCUT2D eigenvalue weighted by molar-refractivity contribution is -0.274. The Morgan fingerprint density at radius 1 is 1.05 bits per heavy atom. The SMILES string of the molecule is CCc1c(C(=O)NCc2ccc(N3CCC(c4ccc(OC(F)(F)F)cc4)CC3)cc2)c2ccncc2n1C. The fraction of sp³-hybridized carbons (Fsp3) is 0.333. The van der Waals surface area contributed by atoms with Crippen molar-refractivity contribution in [3.05, 3.63) is 89.4 Å². The molecule has 1 aliphatic rings. The summed E-state index contributed by atoms with van der Waals surface area (Å²) in [5, 5.41) is 3.99. The predicted octanol–water partition coefficient (Wildman–Crippen LogP) is 6.35. The summed E-state index contributed by atoms with van der Waals surface area (Å²) in [7, 11) is 1.96. The van der Waals surface area contributed by atoms with Crippen LogP contribution in [0, 0.1) is 0 Å². The van der Waals surface area contributed by atoms with Gasteiger partial charge in [-0.1, -0.05) is 31.2 Å². The topological polar surface area (TPSA) is 59.4 Å².